The molecule has 0 aromatic heterocycles. The molecule has 3 rings (SSSR count). The quantitative estimate of drug-likeness (QED) is 0.250. The number of para-hydroxylation sites is 2. The third-order valence-electron chi connectivity index (χ3n) is 4.66. The lowest BCUT2D eigenvalue weighted by Gasteiger charge is -2.10. The van der Waals surface area contributed by atoms with E-state index < -0.39 is 11.8 Å². The van der Waals surface area contributed by atoms with Gasteiger partial charge in [0.1, 0.15) is 11.5 Å². The minimum absolute atomic E-state index is 0.192. The van der Waals surface area contributed by atoms with Gasteiger partial charge in [0.2, 0.25) is 0 Å². The molecule has 10 heteroatoms. The Kier molecular flexibility index (Phi) is 8.80. The summed E-state index contributed by atoms with van der Waals surface area (Å²) in [4.78, 5) is 36.2. The van der Waals surface area contributed by atoms with E-state index in [9.17, 15) is 14.4 Å². The Morgan fingerprint density at radius 3 is 2.43 bits per heavy atom. The van der Waals surface area contributed by atoms with Gasteiger partial charge >= 0.3 is 11.8 Å². The SMILES string of the molecule is COc1ccccc1NC(=O)COc1ccc(/C=N\NC(=O)C(=O)Nc2cc(Cl)ccc2C)cc1. The van der Waals surface area contributed by atoms with E-state index >= 15 is 0 Å². The number of hydrogen-bond acceptors (Lipinski definition) is 6. The molecule has 3 aromatic carbocycles. The van der Waals surface area contributed by atoms with Crippen molar-refractivity contribution in [2.24, 2.45) is 5.10 Å². The molecule has 180 valence electrons. The van der Waals surface area contributed by atoms with Crippen LogP contribution in [-0.4, -0.2) is 37.7 Å². The van der Waals surface area contributed by atoms with E-state index in [2.05, 4.69) is 21.2 Å². The Labute approximate surface area is 207 Å². The van der Waals surface area contributed by atoms with Crippen LogP contribution in [0.2, 0.25) is 5.02 Å². The van der Waals surface area contributed by atoms with Crippen molar-refractivity contribution in [3.63, 3.8) is 0 Å². The number of anilines is 2. The topological polar surface area (TPSA) is 118 Å². The first-order valence-corrected chi connectivity index (χ1v) is 10.8. The van der Waals surface area contributed by atoms with Gasteiger partial charge in [0.15, 0.2) is 6.61 Å². The van der Waals surface area contributed by atoms with Gasteiger partial charge in [-0.25, -0.2) is 5.43 Å². The minimum Gasteiger partial charge on any atom is -0.495 e. The lowest BCUT2D eigenvalue weighted by Crippen LogP contribution is -2.32. The van der Waals surface area contributed by atoms with Gasteiger partial charge in [0.25, 0.3) is 5.91 Å². The Bertz CT molecular complexity index is 1240. The fourth-order valence-corrected chi connectivity index (χ4v) is 3.03. The average molecular weight is 495 g/mol. The van der Waals surface area contributed by atoms with Crippen LogP contribution >= 0.6 is 11.6 Å². The number of benzene rings is 3. The highest BCUT2D eigenvalue weighted by atomic mass is 35.5. The highest BCUT2D eigenvalue weighted by molar-refractivity contribution is 6.40. The van der Waals surface area contributed by atoms with Crippen LogP contribution in [0.25, 0.3) is 0 Å². The molecule has 0 aliphatic rings. The van der Waals surface area contributed by atoms with Gasteiger partial charge in [-0.3, -0.25) is 14.4 Å². The summed E-state index contributed by atoms with van der Waals surface area (Å²) in [5, 5.41) is 9.43. The first-order chi connectivity index (χ1) is 16.9. The fourth-order valence-electron chi connectivity index (χ4n) is 2.86. The number of rotatable bonds is 8. The van der Waals surface area contributed by atoms with Gasteiger partial charge in [-0.05, 0) is 66.6 Å². The molecule has 35 heavy (non-hydrogen) atoms. The minimum atomic E-state index is -0.929. The zero-order chi connectivity index (χ0) is 25.2. The van der Waals surface area contributed by atoms with Crippen molar-refractivity contribution in [3.8, 4) is 11.5 Å². The van der Waals surface area contributed by atoms with Crippen molar-refractivity contribution in [2.45, 2.75) is 6.92 Å². The monoisotopic (exact) mass is 494 g/mol. The van der Waals surface area contributed by atoms with Crippen LogP contribution in [0.4, 0.5) is 11.4 Å². The van der Waals surface area contributed by atoms with Crippen LogP contribution in [0.3, 0.4) is 0 Å². The number of carbonyl (C=O) groups is 3. The molecule has 0 radical (unpaired) electrons. The summed E-state index contributed by atoms with van der Waals surface area (Å²) in [5.74, 6) is -1.12. The van der Waals surface area contributed by atoms with Gasteiger partial charge < -0.3 is 20.1 Å². The lowest BCUT2D eigenvalue weighted by molar-refractivity contribution is -0.136. The second-order valence-corrected chi connectivity index (χ2v) is 7.66. The molecule has 0 unspecified atom stereocenters. The van der Waals surface area contributed by atoms with E-state index in [0.717, 1.165) is 5.56 Å². The Morgan fingerprint density at radius 1 is 0.943 bits per heavy atom. The van der Waals surface area contributed by atoms with Gasteiger partial charge in [0.05, 0.1) is 19.0 Å². The number of nitrogens with one attached hydrogen (secondary N) is 3. The molecular weight excluding hydrogens is 472 g/mol. The van der Waals surface area contributed by atoms with Crippen LogP contribution < -0.4 is 25.5 Å². The smallest absolute Gasteiger partial charge is 0.329 e. The molecule has 0 aliphatic heterocycles. The molecule has 3 amide bonds. The van der Waals surface area contributed by atoms with Gasteiger partial charge in [-0.15, -0.1) is 0 Å². The maximum atomic E-state index is 12.1. The third-order valence-corrected chi connectivity index (χ3v) is 4.90. The maximum absolute atomic E-state index is 12.1. The summed E-state index contributed by atoms with van der Waals surface area (Å²) >= 11 is 5.91. The van der Waals surface area contributed by atoms with E-state index in [1.54, 1.807) is 73.7 Å². The van der Waals surface area contributed by atoms with Crippen molar-refractivity contribution in [1.82, 2.24) is 5.43 Å². The normalized spacial score (nSPS) is 10.5. The van der Waals surface area contributed by atoms with Crippen molar-refractivity contribution < 1.29 is 23.9 Å². The second-order valence-electron chi connectivity index (χ2n) is 7.22. The molecule has 3 N–H and O–H groups in total. The van der Waals surface area contributed by atoms with Crippen LogP contribution in [0.1, 0.15) is 11.1 Å². The molecule has 9 nitrogen and oxygen atoms in total. The third kappa shape index (κ3) is 7.58. The first-order valence-electron chi connectivity index (χ1n) is 10.4. The number of hydrazone groups is 1. The van der Waals surface area contributed by atoms with E-state index in [0.29, 0.717) is 33.5 Å². The van der Waals surface area contributed by atoms with Crippen molar-refractivity contribution in [3.05, 3.63) is 82.9 Å². The lowest BCUT2D eigenvalue weighted by atomic mass is 10.2. The van der Waals surface area contributed by atoms with Gasteiger partial charge in [0, 0.05) is 10.7 Å². The summed E-state index contributed by atoms with van der Waals surface area (Å²) in [6.07, 6.45) is 1.37. The van der Waals surface area contributed by atoms with E-state index in [1.165, 1.54) is 13.3 Å². The molecule has 0 saturated heterocycles. The Hall–Kier alpha value is -4.37. The fraction of sp³-hybridized carbons (Fsp3) is 0.120. The average Bonchev–Trinajstić information content (AvgIpc) is 2.86. The van der Waals surface area contributed by atoms with Crippen molar-refractivity contribution >= 4 is 46.9 Å². The Morgan fingerprint density at radius 2 is 1.69 bits per heavy atom. The number of nitrogens with zero attached hydrogens (tertiary/aromatic N) is 1. The molecule has 0 saturated carbocycles. The summed E-state index contributed by atoms with van der Waals surface area (Å²) in [6.45, 7) is 1.59. The second kappa shape index (κ2) is 12.2. The first kappa shape index (κ1) is 25.3. The van der Waals surface area contributed by atoms with Crippen LogP contribution in [0.15, 0.2) is 71.8 Å². The Balaban J connectivity index is 1.45. The van der Waals surface area contributed by atoms with Crippen molar-refractivity contribution in [1.29, 1.82) is 0 Å². The predicted octanol–water partition coefficient (Wildman–Crippen LogP) is 3.76. The van der Waals surface area contributed by atoms with E-state index in [1.807, 2.05) is 0 Å². The maximum Gasteiger partial charge on any atom is 0.329 e. The summed E-state index contributed by atoms with van der Waals surface area (Å²) < 4.78 is 10.7. The standard InChI is InChI=1S/C25H23ClN4O5/c1-16-7-10-18(26)13-21(16)29-24(32)25(33)30-27-14-17-8-11-19(12-9-17)35-15-23(31)28-20-5-3-4-6-22(20)34-2/h3-14H,15H2,1-2H3,(H,28,31)(H,29,32)(H,30,33)/b27-14-. The number of methoxy groups -OCH3 is 1. The summed E-state index contributed by atoms with van der Waals surface area (Å²) in [5.41, 5.74) is 4.56. The molecule has 0 heterocycles. The predicted molar refractivity (Wildman–Crippen MR) is 134 cm³/mol. The largest absolute Gasteiger partial charge is 0.495 e. The molecule has 0 aliphatic carbocycles. The highest BCUT2D eigenvalue weighted by Gasteiger charge is 2.14. The highest BCUT2D eigenvalue weighted by Crippen LogP contribution is 2.23. The van der Waals surface area contributed by atoms with Gasteiger partial charge in [-0.1, -0.05) is 29.8 Å². The zero-order valence-corrected chi connectivity index (χ0v) is 19.8. The summed E-state index contributed by atoms with van der Waals surface area (Å²) in [6, 6.07) is 18.7. The number of halogens is 1. The number of hydrogen-bond donors (Lipinski definition) is 3. The number of ether oxygens (including phenoxy) is 2. The van der Waals surface area contributed by atoms with Crippen molar-refractivity contribution in [2.75, 3.05) is 24.4 Å². The zero-order valence-electron chi connectivity index (χ0n) is 19.0. The molecule has 3 aromatic rings. The molecule has 0 bridgehead atoms. The number of carbonyl (C=O) groups excluding carboxylic acids is 3. The number of aryl methyl sites for hydroxylation is 1. The molecule has 0 fully saturated rings. The van der Waals surface area contributed by atoms with E-state index in [-0.39, 0.29) is 12.5 Å². The van der Waals surface area contributed by atoms with Crippen LogP contribution in [0.5, 0.6) is 11.5 Å². The molecule has 0 spiro atoms. The van der Waals surface area contributed by atoms with E-state index in [4.69, 9.17) is 21.1 Å². The molecular formula is C25H23ClN4O5. The summed E-state index contributed by atoms with van der Waals surface area (Å²) in [7, 11) is 1.52. The molecule has 0 atom stereocenters. The van der Waals surface area contributed by atoms with Crippen LogP contribution in [0, 0.1) is 6.92 Å². The number of amides is 3. The van der Waals surface area contributed by atoms with Crippen LogP contribution in [-0.2, 0) is 14.4 Å². The van der Waals surface area contributed by atoms with Gasteiger partial charge in [-0.2, -0.15) is 5.10 Å².